The molecule has 2 saturated heterocycles. The number of aromatic hydroxyl groups is 1. The highest BCUT2D eigenvalue weighted by Crippen LogP contribution is 2.32. The summed E-state index contributed by atoms with van der Waals surface area (Å²) in [4.78, 5) is 12.1. The molecule has 0 radical (unpaired) electrons. The van der Waals surface area contributed by atoms with Crippen molar-refractivity contribution in [3.63, 3.8) is 0 Å². The van der Waals surface area contributed by atoms with Crippen LogP contribution >= 0.6 is 0 Å². The number of aromatic nitrogens is 3. The predicted molar refractivity (Wildman–Crippen MR) is 117 cm³/mol. The van der Waals surface area contributed by atoms with Crippen LogP contribution < -0.4 is 0 Å². The molecule has 2 fully saturated rings. The molecule has 4 heterocycles. The molecular weight excluding hydrogens is 376 g/mol. The highest BCUT2D eigenvalue weighted by Gasteiger charge is 2.32. The summed E-state index contributed by atoms with van der Waals surface area (Å²) in [7, 11) is 2.24. The molecule has 2 aromatic heterocycles. The molecule has 0 aromatic carbocycles. The molecule has 0 saturated carbocycles. The molecule has 7 nitrogen and oxygen atoms in total. The Bertz CT molecular complexity index is 837. The van der Waals surface area contributed by atoms with E-state index < -0.39 is 0 Å². The fourth-order valence-corrected chi connectivity index (χ4v) is 5.41. The van der Waals surface area contributed by atoms with E-state index in [-0.39, 0.29) is 5.88 Å². The molecule has 5 rings (SSSR count). The molecule has 0 spiro atoms. The largest absolute Gasteiger partial charge is 0.493 e. The van der Waals surface area contributed by atoms with Gasteiger partial charge in [-0.3, -0.25) is 4.90 Å². The first-order chi connectivity index (χ1) is 14.7. The number of hydrogen-bond acceptors (Lipinski definition) is 6. The fraction of sp³-hybridized carbons (Fsp3) is 0.652. The zero-order valence-electron chi connectivity index (χ0n) is 18.1. The Kier molecular flexibility index (Phi) is 5.76. The Labute approximate surface area is 179 Å². The maximum absolute atomic E-state index is 10.8. The maximum atomic E-state index is 10.8. The van der Waals surface area contributed by atoms with E-state index in [0.29, 0.717) is 11.9 Å². The summed E-state index contributed by atoms with van der Waals surface area (Å²) < 4.78 is 1.60. The van der Waals surface area contributed by atoms with Crippen LogP contribution in [0.5, 0.6) is 5.88 Å². The normalized spacial score (nSPS) is 24.8. The molecule has 1 aliphatic carbocycles. The minimum absolute atomic E-state index is 0.273. The molecule has 0 amide bonds. The lowest BCUT2D eigenvalue weighted by Crippen LogP contribution is -2.52. The number of nitrogens with zero attached hydrogens (tertiary/aromatic N) is 6. The van der Waals surface area contributed by atoms with Crippen LogP contribution in [0.4, 0.5) is 0 Å². The van der Waals surface area contributed by atoms with Gasteiger partial charge in [0.2, 0.25) is 5.88 Å². The number of piperidine rings is 1. The van der Waals surface area contributed by atoms with Gasteiger partial charge in [-0.25, -0.2) is 4.98 Å². The van der Waals surface area contributed by atoms with E-state index in [1.165, 1.54) is 45.6 Å². The van der Waals surface area contributed by atoms with Crippen molar-refractivity contribution in [2.24, 2.45) is 5.92 Å². The van der Waals surface area contributed by atoms with E-state index >= 15 is 0 Å². The van der Waals surface area contributed by atoms with Crippen molar-refractivity contribution >= 4 is 0 Å². The first-order valence-corrected chi connectivity index (χ1v) is 11.5. The van der Waals surface area contributed by atoms with Crippen LogP contribution in [0.3, 0.4) is 0 Å². The summed E-state index contributed by atoms with van der Waals surface area (Å²) in [6.45, 7) is 8.41. The average Bonchev–Trinajstić information content (AvgIpc) is 3.12. The number of pyridine rings is 1. The number of fused-ring (bicyclic) bond motifs is 1. The number of piperazine rings is 1. The van der Waals surface area contributed by atoms with Gasteiger partial charge in [0.1, 0.15) is 0 Å². The van der Waals surface area contributed by atoms with E-state index in [4.69, 9.17) is 0 Å². The first kappa shape index (κ1) is 20.0. The second-order valence-electron chi connectivity index (χ2n) is 9.33. The number of aryl methyl sites for hydroxylation is 1. The van der Waals surface area contributed by atoms with E-state index in [1.54, 1.807) is 10.9 Å². The van der Waals surface area contributed by atoms with Crippen molar-refractivity contribution < 1.29 is 5.11 Å². The number of hydrogen-bond donors (Lipinski definition) is 1. The van der Waals surface area contributed by atoms with Crippen LogP contribution in [0, 0.1) is 5.92 Å². The highest BCUT2D eigenvalue weighted by molar-refractivity contribution is 5.39. The topological polar surface area (TPSA) is 60.7 Å². The highest BCUT2D eigenvalue weighted by atomic mass is 16.3. The molecule has 1 unspecified atom stereocenters. The van der Waals surface area contributed by atoms with E-state index in [1.807, 2.05) is 18.2 Å². The van der Waals surface area contributed by atoms with E-state index in [0.717, 1.165) is 49.5 Å². The van der Waals surface area contributed by atoms with Crippen molar-refractivity contribution in [3.8, 4) is 11.7 Å². The first-order valence-electron chi connectivity index (χ1n) is 11.5. The van der Waals surface area contributed by atoms with Crippen LogP contribution in [0.2, 0.25) is 0 Å². The lowest BCUT2D eigenvalue weighted by Gasteiger charge is -2.42. The summed E-state index contributed by atoms with van der Waals surface area (Å²) in [5.41, 5.74) is 2.06. The van der Waals surface area contributed by atoms with Crippen LogP contribution in [0.15, 0.2) is 24.4 Å². The van der Waals surface area contributed by atoms with Gasteiger partial charge in [0.05, 0.1) is 5.69 Å². The molecule has 1 N–H and O–H groups in total. The third-order valence-corrected chi connectivity index (χ3v) is 7.34. The van der Waals surface area contributed by atoms with Crippen molar-refractivity contribution in [1.82, 2.24) is 29.5 Å². The minimum atomic E-state index is 0.273. The summed E-state index contributed by atoms with van der Waals surface area (Å²) in [5.74, 6) is 1.83. The summed E-state index contributed by atoms with van der Waals surface area (Å²) in [6.07, 6.45) is 7.39. The fourth-order valence-electron chi connectivity index (χ4n) is 5.41. The zero-order valence-corrected chi connectivity index (χ0v) is 18.1. The lowest BCUT2D eigenvalue weighted by atomic mass is 9.91. The quantitative estimate of drug-likeness (QED) is 0.829. The lowest BCUT2D eigenvalue weighted by molar-refractivity contribution is 0.0707. The molecule has 7 heteroatoms. The van der Waals surface area contributed by atoms with Crippen LogP contribution in [-0.2, 0) is 12.8 Å². The van der Waals surface area contributed by atoms with Gasteiger partial charge >= 0.3 is 0 Å². The van der Waals surface area contributed by atoms with Gasteiger partial charge in [-0.2, -0.15) is 9.78 Å². The van der Waals surface area contributed by atoms with Gasteiger partial charge in [-0.15, -0.1) is 0 Å². The molecule has 0 bridgehead atoms. The third-order valence-electron chi connectivity index (χ3n) is 7.34. The van der Waals surface area contributed by atoms with Gasteiger partial charge in [0.15, 0.2) is 5.82 Å². The van der Waals surface area contributed by atoms with Gasteiger partial charge in [0, 0.05) is 50.5 Å². The summed E-state index contributed by atoms with van der Waals surface area (Å²) >= 11 is 0. The zero-order chi connectivity index (χ0) is 20.5. The Morgan fingerprint density at radius 2 is 1.83 bits per heavy atom. The van der Waals surface area contributed by atoms with E-state index in [2.05, 4.69) is 31.8 Å². The predicted octanol–water partition coefficient (Wildman–Crippen LogP) is 1.79. The Morgan fingerprint density at radius 3 is 2.57 bits per heavy atom. The summed E-state index contributed by atoms with van der Waals surface area (Å²) in [5, 5.41) is 15.5. The molecule has 2 aromatic rings. The molecule has 162 valence electrons. The third kappa shape index (κ3) is 4.11. The SMILES string of the molecule is CN1CCC(CN2CCN(C3CCc4nn(-c5ccccn5)c(O)c4C3)CC2)CC1. The Morgan fingerprint density at radius 1 is 1.03 bits per heavy atom. The minimum Gasteiger partial charge on any atom is -0.493 e. The molecule has 3 aliphatic rings. The van der Waals surface area contributed by atoms with Crippen molar-refractivity contribution in [2.45, 2.75) is 38.1 Å². The summed E-state index contributed by atoms with van der Waals surface area (Å²) in [6, 6.07) is 6.21. The average molecular weight is 411 g/mol. The molecule has 2 aliphatic heterocycles. The molecule has 30 heavy (non-hydrogen) atoms. The van der Waals surface area contributed by atoms with Crippen LogP contribution in [-0.4, -0.2) is 93.5 Å². The van der Waals surface area contributed by atoms with Crippen LogP contribution in [0.25, 0.3) is 5.82 Å². The monoisotopic (exact) mass is 410 g/mol. The van der Waals surface area contributed by atoms with Crippen LogP contribution in [0.1, 0.15) is 30.5 Å². The van der Waals surface area contributed by atoms with Crippen molar-refractivity contribution in [1.29, 1.82) is 0 Å². The number of rotatable bonds is 4. The Hall–Kier alpha value is -1.96. The maximum Gasteiger partial charge on any atom is 0.219 e. The van der Waals surface area contributed by atoms with Gasteiger partial charge in [0.25, 0.3) is 0 Å². The molecular formula is C23H34N6O. The second kappa shape index (κ2) is 8.65. The van der Waals surface area contributed by atoms with Crippen molar-refractivity contribution in [3.05, 3.63) is 35.7 Å². The Balaban J connectivity index is 1.18. The van der Waals surface area contributed by atoms with Gasteiger partial charge in [-0.1, -0.05) is 6.07 Å². The van der Waals surface area contributed by atoms with E-state index in [9.17, 15) is 5.11 Å². The van der Waals surface area contributed by atoms with Crippen molar-refractivity contribution in [2.75, 3.05) is 52.9 Å². The smallest absolute Gasteiger partial charge is 0.219 e. The molecule has 1 atom stereocenters. The van der Waals surface area contributed by atoms with Gasteiger partial charge in [-0.05, 0) is 70.3 Å². The van der Waals surface area contributed by atoms with Gasteiger partial charge < -0.3 is 14.9 Å². The standard InChI is InChI=1S/C23H34N6O/c1-26-10-7-18(8-11-26)17-27-12-14-28(15-13-27)19-5-6-21-20(16-19)23(30)29(25-21)22-4-2-3-9-24-22/h2-4,9,18-19,30H,5-8,10-17H2,1H3. The number of likely N-dealkylation sites (tertiary alicyclic amines) is 1. The second-order valence-corrected chi connectivity index (χ2v) is 9.33.